The van der Waals surface area contributed by atoms with Crippen molar-refractivity contribution in [2.24, 2.45) is 0 Å². The molecule has 106 valence electrons. The molecule has 20 heavy (non-hydrogen) atoms. The summed E-state index contributed by atoms with van der Waals surface area (Å²) in [4.78, 5) is 17.5. The fourth-order valence-corrected chi connectivity index (χ4v) is 2.50. The van der Waals surface area contributed by atoms with Crippen LogP contribution in [0.4, 0.5) is 5.69 Å². The molecule has 0 unspecified atom stereocenters. The number of carbonyl (C=O) groups is 1. The Kier molecular flexibility index (Phi) is 4.57. The molecule has 2 rings (SSSR count). The van der Waals surface area contributed by atoms with Crippen LogP contribution in [-0.2, 0) is 6.54 Å². The van der Waals surface area contributed by atoms with Crippen molar-refractivity contribution in [1.29, 1.82) is 0 Å². The molecule has 0 radical (unpaired) electrons. The smallest absolute Gasteiger partial charge is 0.255 e. The molecule has 0 aliphatic carbocycles. The number of para-hydroxylation sites is 1. The monoisotopic (exact) mass is 291 g/mol. The average molecular weight is 291 g/mol. The third-order valence-electron chi connectivity index (χ3n) is 2.65. The lowest BCUT2D eigenvalue weighted by Crippen LogP contribution is -2.23. The summed E-state index contributed by atoms with van der Waals surface area (Å²) >= 11 is 1.56. The molecule has 0 saturated carbocycles. The Balaban J connectivity index is 2.10. The summed E-state index contributed by atoms with van der Waals surface area (Å²) < 4.78 is 5.45. The molecular weight excluding hydrogens is 274 g/mol. The van der Waals surface area contributed by atoms with Gasteiger partial charge in [-0.1, -0.05) is 6.07 Å². The molecule has 0 atom stereocenters. The van der Waals surface area contributed by atoms with Crippen molar-refractivity contribution in [2.45, 2.75) is 20.4 Å². The first-order valence-electron chi connectivity index (χ1n) is 6.32. The zero-order chi connectivity index (χ0) is 14.5. The fourth-order valence-electron chi connectivity index (χ4n) is 1.77. The number of nitrogens with two attached hydrogens (primary N) is 1. The van der Waals surface area contributed by atoms with Crippen LogP contribution < -0.4 is 15.8 Å². The van der Waals surface area contributed by atoms with E-state index in [0.717, 1.165) is 9.88 Å². The lowest BCUT2D eigenvalue weighted by Gasteiger charge is -2.12. The molecule has 1 aromatic carbocycles. The highest BCUT2D eigenvalue weighted by molar-refractivity contribution is 7.11. The van der Waals surface area contributed by atoms with E-state index in [4.69, 9.17) is 10.5 Å². The van der Waals surface area contributed by atoms with Crippen LogP contribution in [0.1, 0.15) is 27.2 Å². The van der Waals surface area contributed by atoms with Crippen LogP contribution in [0.15, 0.2) is 24.4 Å². The minimum Gasteiger partial charge on any atom is -0.491 e. The second kappa shape index (κ2) is 6.38. The summed E-state index contributed by atoms with van der Waals surface area (Å²) in [5, 5.41) is 3.70. The van der Waals surface area contributed by atoms with Crippen molar-refractivity contribution >= 4 is 22.9 Å². The molecule has 0 aliphatic heterocycles. The van der Waals surface area contributed by atoms with Gasteiger partial charge >= 0.3 is 0 Å². The molecule has 0 spiro atoms. The SMILES string of the molecule is CCOc1c(N)cccc1C(=O)NCc1ncc(C)s1. The predicted octanol–water partition coefficient (Wildman–Crippen LogP) is 2.36. The van der Waals surface area contributed by atoms with Crippen molar-refractivity contribution in [3.05, 3.63) is 39.8 Å². The average Bonchev–Trinajstić information content (AvgIpc) is 2.84. The Morgan fingerprint density at radius 2 is 2.30 bits per heavy atom. The number of hydrogen-bond acceptors (Lipinski definition) is 5. The van der Waals surface area contributed by atoms with Gasteiger partial charge in [-0.05, 0) is 26.0 Å². The molecule has 2 aromatic rings. The summed E-state index contributed by atoms with van der Waals surface area (Å²) in [5.41, 5.74) is 6.75. The number of nitrogen functional groups attached to an aromatic ring is 1. The minimum atomic E-state index is -0.214. The van der Waals surface area contributed by atoms with Crippen LogP contribution in [0.25, 0.3) is 0 Å². The lowest BCUT2D eigenvalue weighted by molar-refractivity contribution is 0.0947. The van der Waals surface area contributed by atoms with Crippen molar-refractivity contribution in [3.63, 3.8) is 0 Å². The van der Waals surface area contributed by atoms with Gasteiger partial charge in [-0.2, -0.15) is 0 Å². The second-order valence-corrected chi connectivity index (χ2v) is 5.52. The topological polar surface area (TPSA) is 77.2 Å². The summed E-state index contributed by atoms with van der Waals surface area (Å²) in [6.07, 6.45) is 1.79. The molecule has 1 amide bonds. The normalized spacial score (nSPS) is 10.3. The number of nitrogens with one attached hydrogen (secondary N) is 1. The molecule has 3 N–H and O–H groups in total. The molecule has 0 fully saturated rings. The van der Waals surface area contributed by atoms with E-state index in [0.29, 0.717) is 30.2 Å². The van der Waals surface area contributed by atoms with E-state index >= 15 is 0 Å². The Bertz CT molecular complexity index is 610. The van der Waals surface area contributed by atoms with Crippen LogP contribution in [0, 0.1) is 6.92 Å². The van der Waals surface area contributed by atoms with Gasteiger partial charge in [0.15, 0.2) is 5.75 Å². The molecule has 6 heteroatoms. The fraction of sp³-hybridized carbons (Fsp3) is 0.286. The molecule has 0 saturated heterocycles. The summed E-state index contributed by atoms with van der Waals surface area (Å²) in [6.45, 7) is 4.69. The highest BCUT2D eigenvalue weighted by Crippen LogP contribution is 2.26. The van der Waals surface area contributed by atoms with E-state index in [2.05, 4.69) is 10.3 Å². The number of ether oxygens (including phenoxy) is 1. The minimum absolute atomic E-state index is 0.214. The van der Waals surface area contributed by atoms with E-state index < -0.39 is 0 Å². The van der Waals surface area contributed by atoms with Crippen LogP contribution in [0.2, 0.25) is 0 Å². The standard InChI is InChI=1S/C14H17N3O2S/c1-3-19-13-10(5-4-6-11(13)15)14(18)17-8-12-16-7-9(2)20-12/h4-7H,3,8,15H2,1-2H3,(H,17,18). The van der Waals surface area contributed by atoms with Gasteiger partial charge in [0, 0.05) is 11.1 Å². The quantitative estimate of drug-likeness (QED) is 0.829. The van der Waals surface area contributed by atoms with E-state index in [1.807, 2.05) is 13.8 Å². The number of rotatable bonds is 5. The predicted molar refractivity (Wildman–Crippen MR) is 80.0 cm³/mol. The van der Waals surface area contributed by atoms with E-state index in [9.17, 15) is 4.79 Å². The number of aryl methyl sites for hydroxylation is 1. The largest absolute Gasteiger partial charge is 0.491 e. The molecule has 0 aliphatic rings. The van der Waals surface area contributed by atoms with Crippen molar-refractivity contribution < 1.29 is 9.53 Å². The van der Waals surface area contributed by atoms with Gasteiger partial charge in [-0.25, -0.2) is 4.98 Å². The van der Waals surface area contributed by atoms with E-state index in [1.165, 1.54) is 0 Å². The maximum absolute atomic E-state index is 12.2. The van der Waals surface area contributed by atoms with Gasteiger partial charge in [0.2, 0.25) is 0 Å². The number of amides is 1. The highest BCUT2D eigenvalue weighted by Gasteiger charge is 2.15. The van der Waals surface area contributed by atoms with Crippen molar-refractivity contribution in [2.75, 3.05) is 12.3 Å². The Morgan fingerprint density at radius 1 is 1.50 bits per heavy atom. The maximum Gasteiger partial charge on any atom is 0.255 e. The van der Waals surface area contributed by atoms with Crippen molar-refractivity contribution in [1.82, 2.24) is 10.3 Å². The van der Waals surface area contributed by atoms with Crippen molar-refractivity contribution in [3.8, 4) is 5.75 Å². The first-order chi connectivity index (χ1) is 9.61. The first-order valence-corrected chi connectivity index (χ1v) is 7.14. The zero-order valence-corrected chi connectivity index (χ0v) is 12.3. The summed E-state index contributed by atoms with van der Waals surface area (Å²) in [7, 11) is 0. The van der Waals surface area contributed by atoms with Gasteiger partial charge < -0.3 is 15.8 Å². The zero-order valence-electron chi connectivity index (χ0n) is 11.5. The Labute approximate surface area is 121 Å². The lowest BCUT2D eigenvalue weighted by atomic mass is 10.1. The van der Waals surface area contributed by atoms with Crippen LogP contribution in [0.5, 0.6) is 5.75 Å². The number of aromatic nitrogens is 1. The second-order valence-electron chi connectivity index (χ2n) is 4.20. The maximum atomic E-state index is 12.2. The number of anilines is 1. The van der Waals surface area contributed by atoms with Gasteiger partial charge in [0.25, 0.3) is 5.91 Å². The van der Waals surface area contributed by atoms with Crippen LogP contribution in [-0.4, -0.2) is 17.5 Å². The van der Waals surface area contributed by atoms with E-state index in [1.54, 1.807) is 35.7 Å². The van der Waals surface area contributed by atoms with Gasteiger partial charge in [-0.3, -0.25) is 4.79 Å². The van der Waals surface area contributed by atoms with Gasteiger partial charge in [-0.15, -0.1) is 11.3 Å². The molecular formula is C14H17N3O2S. The van der Waals surface area contributed by atoms with Crippen LogP contribution >= 0.6 is 11.3 Å². The first kappa shape index (κ1) is 14.3. The number of carbonyl (C=O) groups excluding carboxylic acids is 1. The molecule has 1 heterocycles. The summed E-state index contributed by atoms with van der Waals surface area (Å²) in [6, 6.07) is 5.15. The third-order valence-corrected chi connectivity index (χ3v) is 3.56. The Hall–Kier alpha value is -2.08. The number of hydrogen-bond donors (Lipinski definition) is 2. The molecule has 0 bridgehead atoms. The molecule has 1 aromatic heterocycles. The highest BCUT2D eigenvalue weighted by atomic mass is 32.1. The number of benzene rings is 1. The molecule has 5 nitrogen and oxygen atoms in total. The van der Waals surface area contributed by atoms with Gasteiger partial charge in [0.05, 0.1) is 24.4 Å². The van der Waals surface area contributed by atoms with Crippen LogP contribution in [0.3, 0.4) is 0 Å². The number of nitrogens with zero attached hydrogens (tertiary/aromatic N) is 1. The Morgan fingerprint density at radius 3 is 2.95 bits per heavy atom. The summed E-state index contributed by atoms with van der Waals surface area (Å²) in [5.74, 6) is 0.219. The number of thiazole rings is 1. The third kappa shape index (κ3) is 3.27. The van der Waals surface area contributed by atoms with Gasteiger partial charge in [0.1, 0.15) is 5.01 Å². The van der Waals surface area contributed by atoms with E-state index in [-0.39, 0.29) is 5.91 Å².